The second-order valence-electron chi connectivity index (χ2n) is 8.25. The molecule has 0 saturated carbocycles. The van der Waals surface area contributed by atoms with Crippen molar-refractivity contribution in [2.24, 2.45) is 0 Å². The number of rotatable bonds is 19. The van der Waals surface area contributed by atoms with Crippen LogP contribution < -0.4 is 0 Å². The summed E-state index contributed by atoms with van der Waals surface area (Å²) >= 11 is 0. The second-order valence-corrected chi connectivity index (χ2v) is 8.25. The standard InChI is InChI=1S/C25H42O4/c1-2-3-4-5-6-7-8-9-15-20-25(28,21-16-11-14-19-24(26)27)29-22-23-17-12-10-13-18-23/h10,12-13,17-18,28H,2-9,11,14-16,19-22H2,1H3,(H,26,27). The molecule has 1 rings (SSSR count). The van der Waals surface area contributed by atoms with Gasteiger partial charge in [-0.2, -0.15) is 0 Å². The van der Waals surface area contributed by atoms with Crippen LogP contribution in [0.5, 0.6) is 0 Å². The van der Waals surface area contributed by atoms with Crippen LogP contribution in [0.15, 0.2) is 30.3 Å². The zero-order valence-electron chi connectivity index (χ0n) is 18.4. The Balaban J connectivity index is 2.31. The van der Waals surface area contributed by atoms with Crippen molar-refractivity contribution in [1.29, 1.82) is 0 Å². The molecule has 0 fully saturated rings. The summed E-state index contributed by atoms with van der Waals surface area (Å²) in [6.07, 6.45) is 14.9. The molecule has 4 heteroatoms. The fraction of sp³-hybridized carbons (Fsp3) is 0.720. The van der Waals surface area contributed by atoms with Crippen LogP contribution in [0.2, 0.25) is 0 Å². The lowest BCUT2D eigenvalue weighted by molar-refractivity contribution is -0.220. The van der Waals surface area contributed by atoms with E-state index in [2.05, 4.69) is 6.92 Å². The molecule has 0 aliphatic heterocycles. The van der Waals surface area contributed by atoms with E-state index in [0.717, 1.165) is 31.2 Å². The van der Waals surface area contributed by atoms with Crippen LogP contribution in [0.3, 0.4) is 0 Å². The topological polar surface area (TPSA) is 66.8 Å². The van der Waals surface area contributed by atoms with Gasteiger partial charge in [-0.25, -0.2) is 0 Å². The Hall–Kier alpha value is -1.39. The molecule has 0 bridgehead atoms. The molecule has 0 aliphatic rings. The maximum atomic E-state index is 11.0. The molecular weight excluding hydrogens is 364 g/mol. The Morgan fingerprint density at radius 2 is 1.34 bits per heavy atom. The molecule has 2 N–H and O–H groups in total. The first-order valence-electron chi connectivity index (χ1n) is 11.7. The van der Waals surface area contributed by atoms with Crippen LogP contribution in [-0.2, 0) is 16.1 Å². The Labute approximate surface area is 177 Å². The Bertz CT molecular complexity index is 517. The van der Waals surface area contributed by atoms with Gasteiger partial charge >= 0.3 is 5.97 Å². The highest BCUT2D eigenvalue weighted by atomic mass is 16.6. The van der Waals surface area contributed by atoms with E-state index in [4.69, 9.17) is 9.84 Å². The number of aliphatic carboxylic acids is 1. The first kappa shape index (κ1) is 25.6. The van der Waals surface area contributed by atoms with E-state index in [1.54, 1.807) is 0 Å². The molecule has 0 amide bonds. The maximum absolute atomic E-state index is 11.0. The fourth-order valence-electron chi connectivity index (χ4n) is 3.63. The van der Waals surface area contributed by atoms with E-state index in [0.29, 0.717) is 25.9 Å². The van der Waals surface area contributed by atoms with Crippen molar-refractivity contribution in [3.05, 3.63) is 35.9 Å². The SMILES string of the molecule is CCCCCCCCCCCC(O)(CCCCCC(=O)O)OCc1ccccc1. The zero-order valence-corrected chi connectivity index (χ0v) is 18.4. The van der Waals surface area contributed by atoms with Crippen LogP contribution in [0.1, 0.15) is 109 Å². The summed E-state index contributed by atoms with van der Waals surface area (Å²) in [5.74, 6) is -1.87. The third-order valence-electron chi connectivity index (χ3n) is 5.48. The average molecular weight is 407 g/mol. The molecule has 0 aliphatic carbocycles. The summed E-state index contributed by atoms with van der Waals surface area (Å²) in [7, 11) is 0. The Kier molecular flexibility index (Phi) is 14.5. The summed E-state index contributed by atoms with van der Waals surface area (Å²) in [5.41, 5.74) is 1.06. The molecular formula is C25H42O4. The average Bonchev–Trinajstić information content (AvgIpc) is 2.71. The molecule has 0 heterocycles. The Morgan fingerprint density at radius 3 is 1.90 bits per heavy atom. The van der Waals surface area contributed by atoms with Crippen LogP contribution in [0, 0.1) is 0 Å². The summed E-state index contributed by atoms with van der Waals surface area (Å²) in [5, 5.41) is 19.8. The number of benzene rings is 1. The number of aliphatic hydroxyl groups is 1. The third kappa shape index (κ3) is 14.3. The predicted molar refractivity (Wildman–Crippen MR) is 119 cm³/mol. The number of hydrogen-bond acceptors (Lipinski definition) is 3. The normalized spacial score (nSPS) is 13.3. The third-order valence-corrected chi connectivity index (χ3v) is 5.48. The van der Waals surface area contributed by atoms with E-state index in [-0.39, 0.29) is 6.42 Å². The van der Waals surface area contributed by atoms with Gasteiger partial charge in [0.1, 0.15) is 0 Å². The molecule has 1 aromatic carbocycles. The van der Waals surface area contributed by atoms with Crippen LogP contribution >= 0.6 is 0 Å². The molecule has 1 unspecified atom stereocenters. The monoisotopic (exact) mass is 406 g/mol. The number of hydrogen-bond donors (Lipinski definition) is 2. The number of carboxylic acid groups (broad SMARTS) is 1. The highest BCUT2D eigenvalue weighted by molar-refractivity contribution is 5.66. The van der Waals surface area contributed by atoms with Gasteiger partial charge in [-0.05, 0) is 24.8 Å². The van der Waals surface area contributed by atoms with Gasteiger partial charge in [0, 0.05) is 19.3 Å². The molecule has 29 heavy (non-hydrogen) atoms. The quantitative estimate of drug-likeness (QED) is 0.195. The largest absolute Gasteiger partial charge is 0.481 e. The maximum Gasteiger partial charge on any atom is 0.303 e. The van der Waals surface area contributed by atoms with Gasteiger partial charge in [0.05, 0.1) is 6.61 Å². The van der Waals surface area contributed by atoms with Crippen molar-refractivity contribution in [2.75, 3.05) is 0 Å². The molecule has 0 radical (unpaired) electrons. The van der Waals surface area contributed by atoms with E-state index in [1.165, 1.54) is 44.9 Å². The molecule has 4 nitrogen and oxygen atoms in total. The van der Waals surface area contributed by atoms with E-state index in [1.807, 2.05) is 30.3 Å². The van der Waals surface area contributed by atoms with Crippen LogP contribution in [0.25, 0.3) is 0 Å². The number of carboxylic acids is 1. The van der Waals surface area contributed by atoms with Gasteiger partial charge < -0.3 is 14.9 Å². The van der Waals surface area contributed by atoms with Crippen molar-refractivity contribution >= 4 is 5.97 Å². The zero-order chi connectivity index (χ0) is 21.2. The van der Waals surface area contributed by atoms with Gasteiger partial charge in [-0.15, -0.1) is 0 Å². The van der Waals surface area contributed by atoms with Crippen molar-refractivity contribution in [1.82, 2.24) is 0 Å². The minimum absolute atomic E-state index is 0.196. The lowest BCUT2D eigenvalue weighted by Crippen LogP contribution is -2.32. The highest BCUT2D eigenvalue weighted by Gasteiger charge is 2.26. The highest BCUT2D eigenvalue weighted by Crippen LogP contribution is 2.26. The minimum Gasteiger partial charge on any atom is -0.481 e. The summed E-state index contributed by atoms with van der Waals surface area (Å²) < 4.78 is 5.95. The lowest BCUT2D eigenvalue weighted by Gasteiger charge is -2.29. The van der Waals surface area contributed by atoms with Crippen molar-refractivity contribution in [3.63, 3.8) is 0 Å². The number of carbonyl (C=O) groups is 1. The van der Waals surface area contributed by atoms with Gasteiger partial charge in [-0.1, -0.05) is 95.0 Å². The second kappa shape index (κ2) is 16.4. The first-order chi connectivity index (χ1) is 14.1. The van der Waals surface area contributed by atoms with Crippen LogP contribution in [0.4, 0.5) is 0 Å². The molecule has 1 aromatic rings. The number of unbranched alkanes of at least 4 members (excludes halogenated alkanes) is 10. The Morgan fingerprint density at radius 1 is 0.828 bits per heavy atom. The smallest absolute Gasteiger partial charge is 0.303 e. The molecule has 0 saturated heterocycles. The molecule has 0 aromatic heterocycles. The first-order valence-corrected chi connectivity index (χ1v) is 11.7. The summed E-state index contributed by atoms with van der Waals surface area (Å²) in [6.45, 7) is 2.65. The number of ether oxygens (including phenoxy) is 1. The van der Waals surface area contributed by atoms with Gasteiger partial charge in [-0.3, -0.25) is 4.79 Å². The van der Waals surface area contributed by atoms with E-state index in [9.17, 15) is 9.90 Å². The molecule has 1 atom stereocenters. The van der Waals surface area contributed by atoms with E-state index >= 15 is 0 Å². The summed E-state index contributed by atoms with van der Waals surface area (Å²) in [6, 6.07) is 9.94. The van der Waals surface area contributed by atoms with Crippen molar-refractivity contribution in [2.45, 2.75) is 116 Å². The lowest BCUT2D eigenvalue weighted by atomic mass is 9.99. The summed E-state index contributed by atoms with van der Waals surface area (Å²) in [4.78, 5) is 10.6. The van der Waals surface area contributed by atoms with Gasteiger partial charge in [0.2, 0.25) is 0 Å². The van der Waals surface area contributed by atoms with Crippen LogP contribution in [-0.4, -0.2) is 22.0 Å². The van der Waals surface area contributed by atoms with Gasteiger partial charge in [0.15, 0.2) is 5.79 Å². The molecule has 166 valence electrons. The minimum atomic E-state index is -1.11. The predicted octanol–water partition coefficient (Wildman–Crippen LogP) is 6.85. The molecule has 0 spiro atoms. The van der Waals surface area contributed by atoms with Gasteiger partial charge in [0.25, 0.3) is 0 Å². The van der Waals surface area contributed by atoms with E-state index < -0.39 is 11.8 Å². The van der Waals surface area contributed by atoms with Crippen molar-refractivity contribution < 1.29 is 19.7 Å². The van der Waals surface area contributed by atoms with Crippen molar-refractivity contribution in [3.8, 4) is 0 Å². The fourth-order valence-corrected chi connectivity index (χ4v) is 3.63.